The van der Waals surface area contributed by atoms with Crippen molar-refractivity contribution >= 4 is 28.0 Å². The second-order valence-electron chi connectivity index (χ2n) is 2.43. The van der Waals surface area contributed by atoms with Crippen LogP contribution in [-0.4, -0.2) is 13.1 Å². The minimum Gasteiger partial charge on any atom is -0.465 e. The van der Waals surface area contributed by atoms with Crippen LogP contribution in [0.2, 0.25) is 0 Å². The Bertz CT molecular complexity index is 345. The van der Waals surface area contributed by atoms with Crippen LogP contribution < -0.4 is 0 Å². The Labute approximate surface area is 85.3 Å². The van der Waals surface area contributed by atoms with E-state index in [1.807, 2.05) is 6.07 Å². The van der Waals surface area contributed by atoms with Gasteiger partial charge in [-0.3, -0.25) is 0 Å². The number of carbonyl (C=O) groups is 1. The monoisotopic (exact) mass is 240 g/mol. The molecule has 0 unspecified atom stereocenters. The zero-order valence-corrected chi connectivity index (χ0v) is 8.80. The number of benzene rings is 1. The summed E-state index contributed by atoms with van der Waals surface area (Å²) < 4.78 is 5.42. The maximum absolute atomic E-state index is 11.1. The van der Waals surface area contributed by atoms with Crippen LogP contribution in [-0.2, 0) is 4.74 Å². The first-order valence-corrected chi connectivity index (χ1v) is 4.48. The predicted octanol–water partition coefficient (Wildman–Crippen LogP) is 2.88. The molecule has 0 saturated heterocycles. The van der Waals surface area contributed by atoms with E-state index < -0.39 is 0 Å². The van der Waals surface area contributed by atoms with Gasteiger partial charge in [0.05, 0.1) is 12.7 Å². The summed E-state index contributed by atoms with van der Waals surface area (Å²) in [6.45, 7) is 3.64. The average molecular weight is 241 g/mol. The summed E-state index contributed by atoms with van der Waals surface area (Å²) in [6, 6.07) is 5.22. The molecule has 0 N–H and O–H groups in total. The molecule has 0 amide bonds. The highest BCUT2D eigenvalue weighted by atomic mass is 79.9. The Morgan fingerprint density at radius 2 is 2.31 bits per heavy atom. The quantitative estimate of drug-likeness (QED) is 0.744. The van der Waals surface area contributed by atoms with E-state index in [2.05, 4.69) is 27.2 Å². The number of halogens is 1. The van der Waals surface area contributed by atoms with Crippen LogP contribution in [0.1, 0.15) is 15.9 Å². The number of rotatable bonds is 2. The second-order valence-corrected chi connectivity index (χ2v) is 3.29. The maximum atomic E-state index is 11.1. The number of ether oxygens (including phenoxy) is 1. The molecule has 0 bridgehead atoms. The molecule has 68 valence electrons. The molecule has 0 aliphatic rings. The number of hydrogen-bond acceptors (Lipinski definition) is 2. The Kier molecular flexibility index (Phi) is 3.25. The van der Waals surface area contributed by atoms with Crippen molar-refractivity contribution in [2.24, 2.45) is 0 Å². The summed E-state index contributed by atoms with van der Waals surface area (Å²) in [6.07, 6.45) is 1.71. The van der Waals surface area contributed by atoms with Gasteiger partial charge in [-0.2, -0.15) is 0 Å². The van der Waals surface area contributed by atoms with Gasteiger partial charge in [0.25, 0.3) is 0 Å². The lowest BCUT2D eigenvalue weighted by Crippen LogP contribution is -2.00. The number of methoxy groups -OCH3 is 1. The van der Waals surface area contributed by atoms with Crippen LogP contribution in [0, 0.1) is 0 Å². The zero-order valence-electron chi connectivity index (χ0n) is 7.21. The third-order valence-corrected chi connectivity index (χ3v) is 2.33. The summed E-state index contributed by atoms with van der Waals surface area (Å²) in [5, 5.41) is 0. The predicted molar refractivity (Wildman–Crippen MR) is 55.6 cm³/mol. The van der Waals surface area contributed by atoms with Gasteiger partial charge >= 0.3 is 5.97 Å². The highest BCUT2D eigenvalue weighted by Crippen LogP contribution is 2.19. The van der Waals surface area contributed by atoms with E-state index in [0.717, 1.165) is 10.0 Å². The van der Waals surface area contributed by atoms with Crippen LogP contribution in [0.25, 0.3) is 6.08 Å². The molecule has 2 nitrogen and oxygen atoms in total. The number of carbonyl (C=O) groups excluding carboxylic acids is 1. The van der Waals surface area contributed by atoms with E-state index in [1.54, 1.807) is 18.2 Å². The van der Waals surface area contributed by atoms with Gasteiger partial charge in [0.15, 0.2) is 0 Å². The second kappa shape index (κ2) is 4.23. The standard InChI is InChI=1S/C10H9BrO2/c1-3-7-4-5-8(6-9(7)11)10(12)13-2/h3-6H,1H2,2H3. The van der Waals surface area contributed by atoms with Crippen molar-refractivity contribution in [1.29, 1.82) is 0 Å². The number of hydrogen-bond donors (Lipinski definition) is 0. The molecule has 1 rings (SSSR count). The Balaban J connectivity index is 3.09. The van der Waals surface area contributed by atoms with Gasteiger partial charge in [-0.15, -0.1) is 0 Å². The van der Waals surface area contributed by atoms with E-state index in [-0.39, 0.29) is 5.97 Å². The molecule has 0 spiro atoms. The van der Waals surface area contributed by atoms with Gasteiger partial charge in [0.2, 0.25) is 0 Å². The van der Waals surface area contributed by atoms with Gasteiger partial charge in [-0.25, -0.2) is 4.79 Å². The Hall–Kier alpha value is -1.09. The normalized spacial score (nSPS) is 9.38. The highest BCUT2D eigenvalue weighted by molar-refractivity contribution is 9.10. The van der Waals surface area contributed by atoms with Crippen LogP contribution >= 0.6 is 15.9 Å². The molecule has 0 heterocycles. The van der Waals surface area contributed by atoms with Crippen LogP contribution in [0.4, 0.5) is 0 Å². The molecule has 0 fully saturated rings. The first kappa shape index (κ1) is 9.99. The van der Waals surface area contributed by atoms with Crippen molar-refractivity contribution < 1.29 is 9.53 Å². The molecular weight excluding hydrogens is 232 g/mol. The molecule has 1 aromatic rings. The van der Waals surface area contributed by atoms with Crippen molar-refractivity contribution in [3.05, 3.63) is 40.4 Å². The van der Waals surface area contributed by atoms with Gasteiger partial charge in [-0.1, -0.05) is 34.7 Å². The number of esters is 1. The molecule has 0 aromatic heterocycles. The minimum absolute atomic E-state index is 0.337. The zero-order chi connectivity index (χ0) is 9.84. The van der Waals surface area contributed by atoms with Crippen LogP contribution in [0.3, 0.4) is 0 Å². The van der Waals surface area contributed by atoms with Crippen LogP contribution in [0.15, 0.2) is 29.3 Å². The van der Waals surface area contributed by atoms with Crippen molar-refractivity contribution in [3.63, 3.8) is 0 Å². The molecular formula is C10H9BrO2. The van der Waals surface area contributed by atoms with Crippen molar-refractivity contribution in [2.45, 2.75) is 0 Å². The summed E-state index contributed by atoms with van der Waals surface area (Å²) in [4.78, 5) is 11.1. The lowest BCUT2D eigenvalue weighted by atomic mass is 10.1. The first-order valence-electron chi connectivity index (χ1n) is 3.69. The van der Waals surface area contributed by atoms with Crippen LogP contribution in [0.5, 0.6) is 0 Å². The fourth-order valence-electron chi connectivity index (χ4n) is 0.937. The summed E-state index contributed by atoms with van der Waals surface area (Å²) >= 11 is 3.33. The van der Waals surface area contributed by atoms with E-state index in [9.17, 15) is 4.79 Å². The van der Waals surface area contributed by atoms with E-state index in [0.29, 0.717) is 5.56 Å². The molecule has 1 aromatic carbocycles. The molecule has 0 atom stereocenters. The van der Waals surface area contributed by atoms with Gasteiger partial charge in [-0.05, 0) is 17.7 Å². The highest BCUT2D eigenvalue weighted by Gasteiger charge is 2.06. The topological polar surface area (TPSA) is 26.3 Å². The summed E-state index contributed by atoms with van der Waals surface area (Å²) in [7, 11) is 1.36. The van der Waals surface area contributed by atoms with E-state index >= 15 is 0 Å². The minimum atomic E-state index is -0.337. The van der Waals surface area contributed by atoms with E-state index in [1.165, 1.54) is 7.11 Å². The molecule has 3 heteroatoms. The third-order valence-electron chi connectivity index (χ3n) is 1.64. The SMILES string of the molecule is C=Cc1ccc(C(=O)OC)cc1Br. The molecule has 0 radical (unpaired) electrons. The van der Waals surface area contributed by atoms with Gasteiger partial charge in [0, 0.05) is 4.47 Å². The fraction of sp³-hybridized carbons (Fsp3) is 0.100. The van der Waals surface area contributed by atoms with Gasteiger partial charge < -0.3 is 4.74 Å². The molecule has 0 aliphatic carbocycles. The Morgan fingerprint density at radius 1 is 1.62 bits per heavy atom. The summed E-state index contributed by atoms with van der Waals surface area (Å²) in [5.41, 5.74) is 1.48. The third kappa shape index (κ3) is 2.18. The average Bonchev–Trinajstić information content (AvgIpc) is 2.16. The maximum Gasteiger partial charge on any atom is 0.337 e. The fourth-order valence-corrected chi connectivity index (χ4v) is 1.48. The van der Waals surface area contributed by atoms with Crippen molar-refractivity contribution in [3.8, 4) is 0 Å². The lowest BCUT2D eigenvalue weighted by Gasteiger charge is -2.01. The summed E-state index contributed by atoms with van der Waals surface area (Å²) in [5.74, 6) is -0.337. The Morgan fingerprint density at radius 3 is 2.77 bits per heavy atom. The lowest BCUT2D eigenvalue weighted by molar-refractivity contribution is 0.0600. The largest absolute Gasteiger partial charge is 0.465 e. The first-order chi connectivity index (χ1) is 6.19. The van der Waals surface area contributed by atoms with E-state index in [4.69, 9.17) is 0 Å². The smallest absolute Gasteiger partial charge is 0.337 e. The van der Waals surface area contributed by atoms with Crippen molar-refractivity contribution in [2.75, 3.05) is 7.11 Å². The molecule has 13 heavy (non-hydrogen) atoms. The molecule has 0 aliphatic heterocycles. The van der Waals surface area contributed by atoms with Crippen molar-refractivity contribution in [1.82, 2.24) is 0 Å². The van der Waals surface area contributed by atoms with Gasteiger partial charge in [0.1, 0.15) is 0 Å². The molecule has 0 saturated carbocycles.